The van der Waals surface area contributed by atoms with Gasteiger partial charge in [-0.3, -0.25) is 0 Å². The van der Waals surface area contributed by atoms with Crippen molar-refractivity contribution in [1.82, 2.24) is 0 Å². The van der Waals surface area contributed by atoms with E-state index in [1.165, 1.54) is 12.1 Å². The van der Waals surface area contributed by atoms with Crippen molar-refractivity contribution in [3.8, 4) is 16.9 Å². The number of hydrogen-bond acceptors (Lipinski definition) is 2. The van der Waals surface area contributed by atoms with Crippen LogP contribution in [-0.4, -0.2) is 11.5 Å². The molecule has 1 N–H and O–H groups in total. The van der Waals surface area contributed by atoms with Crippen LogP contribution in [0.15, 0.2) is 42.5 Å². The number of halogens is 4. The molecular weight excluding hydrogens is 293 g/mol. The van der Waals surface area contributed by atoms with E-state index in [0.717, 1.165) is 17.2 Å². The maximum Gasteiger partial charge on any atom is 0.573 e. The molecule has 0 aliphatic carbocycles. The van der Waals surface area contributed by atoms with E-state index in [4.69, 9.17) is 16.7 Å². The molecule has 0 aliphatic heterocycles. The average molecular weight is 303 g/mol. The average Bonchev–Trinajstić information content (AvgIpc) is 2.37. The number of aliphatic hydroxyl groups is 1. The molecule has 0 saturated heterocycles. The predicted octanol–water partition coefficient (Wildman–Crippen LogP) is 4.40. The van der Waals surface area contributed by atoms with Crippen LogP contribution >= 0.6 is 11.6 Å². The monoisotopic (exact) mass is 302 g/mol. The molecule has 2 nitrogen and oxygen atoms in total. The zero-order valence-corrected chi connectivity index (χ0v) is 10.9. The third kappa shape index (κ3) is 3.65. The van der Waals surface area contributed by atoms with Gasteiger partial charge in [0.2, 0.25) is 0 Å². The number of hydrogen-bond donors (Lipinski definition) is 1. The van der Waals surface area contributed by atoms with Crippen molar-refractivity contribution in [3.05, 3.63) is 53.1 Å². The van der Waals surface area contributed by atoms with Gasteiger partial charge < -0.3 is 9.84 Å². The normalized spacial score (nSPS) is 11.4. The quantitative estimate of drug-likeness (QED) is 0.910. The Hall–Kier alpha value is -1.72. The molecule has 2 aromatic rings. The highest BCUT2D eigenvalue weighted by atomic mass is 35.5. The Morgan fingerprint density at radius 3 is 2.20 bits per heavy atom. The largest absolute Gasteiger partial charge is 0.573 e. The van der Waals surface area contributed by atoms with E-state index in [1.807, 2.05) is 0 Å². The van der Waals surface area contributed by atoms with Crippen LogP contribution < -0.4 is 4.74 Å². The summed E-state index contributed by atoms with van der Waals surface area (Å²) >= 11 is 5.97. The van der Waals surface area contributed by atoms with Crippen LogP contribution in [0.2, 0.25) is 5.02 Å². The lowest BCUT2D eigenvalue weighted by Crippen LogP contribution is -2.17. The van der Waals surface area contributed by atoms with Crippen molar-refractivity contribution in [3.63, 3.8) is 0 Å². The summed E-state index contributed by atoms with van der Waals surface area (Å²) in [6.07, 6.45) is -4.74. The van der Waals surface area contributed by atoms with E-state index in [9.17, 15) is 13.2 Å². The smallest absolute Gasteiger partial charge is 0.406 e. The zero-order chi connectivity index (χ0) is 14.8. The third-order valence-corrected chi connectivity index (χ3v) is 2.93. The van der Waals surface area contributed by atoms with Gasteiger partial charge in [-0.15, -0.1) is 13.2 Å². The molecule has 2 rings (SSSR count). The van der Waals surface area contributed by atoms with E-state index in [1.54, 1.807) is 24.3 Å². The molecule has 2 aromatic carbocycles. The highest BCUT2D eigenvalue weighted by molar-refractivity contribution is 6.33. The van der Waals surface area contributed by atoms with Crippen LogP contribution in [0.25, 0.3) is 11.1 Å². The molecule has 106 valence electrons. The van der Waals surface area contributed by atoms with Gasteiger partial charge >= 0.3 is 6.36 Å². The fourth-order valence-corrected chi connectivity index (χ4v) is 2.00. The van der Waals surface area contributed by atoms with Gasteiger partial charge in [0, 0.05) is 5.56 Å². The maximum absolute atomic E-state index is 12.1. The van der Waals surface area contributed by atoms with Gasteiger partial charge in [-0.1, -0.05) is 35.9 Å². The Bertz CT molecular complexity index is 594. The summed E-state index contributed by atoms with van der Waals surface area (Å²) in [5.74, 6) is -0.363. The van der Waals surface area contributed by atoms with Gasteiger partial charge in [-0.25, -0.2) is 0 Å². The third-order valence-electron chi connectivity index (χ3n) is 2.62. The fraction of sp³-hybridized carbons (Fsp3) is 0.143. The Kier molecular flexibility index (Phi) is 4.20. The van der Waals surface area contributed by atoms with Crippen molar-refractivity contribution in [2.45, 2.75) is 13.0 Å². The van der Waals surface area contributed by atoms with Crippen LogP contribution in [0.5, 0.6) is 5.75 Å². The molecule has 0 aliphatic rings. The summed E-state index contributed by atoms with van der Waals surface area (Å²) in [7, 11) is 0. The molecule has 0 spiro atoms. The maximum atomic E-state index is 12.1. The second kappa shape index (κ2) is 5.73. The first kappa shape index (κ1) is 14.7. The van der Waals surface area contributed by atoms with Crippen molar-refractivity contribution in [1.29, 1.82) is 0 Å². The molecule has 0 unspecified atom stereocenters. The number of benzene rings is 2. The van der Waals surface area contributed by atoms with Gasteiger partial charge in [0.15, 0.2) is 0 Å². The van der Waals surface area contributed by atoms with E-state index in [-0.39, 0.29) is 17.4 Å². The van der Waals surface area contributed by atoms with Crippen LogP contribution in [0.3, 0.4) is 0 Å². The Morgan fingerprint density at radius 2 is 1.70 bits per heavy atom. The van der Waals surface area contributed by atoms with Crippen LogP contribution in [0.1, 0.15) is 5.56 Å². The summed E-state index contributed by atoms with van der Waals surface area (Å²) in [4.78, 5) is 0. The highest BCUT2D eigenvalue weighted by Crippen LogP contribution is 2.33. The minimum absolute atomic E-state index is 0.0770. The molecule has 0 heterocycles. The predicted molar refractivity (Wildman–Crippen MR) is 69.5 cm³/mol. The lowest BCUT2D eigenvalue weighted by Gasteiger charge is -2.11. The van der Waals surface area contributed by atoms with Gasteiger partial charge in [-0.2, -0.15) is 0 Å². The highest BCUT2D eigenvalue weighted by Gasteiger charge is 2.31. The number of rotatable bonds is 3. The SMILES string of the molecule is OCc1ccc(-c2ccc(OC(F)(F)F)cc2Cl)cc1. The van der Waals surface area contributed by atoms with Crippen LogP contribution in [0, 0.1) is 0 Å². The molecule has 0 saturated carbocycles. The molecule has 0 bridgehead atoms. The summed E-state index contributed by atoms with van der Waals surface area (Å²) in [5, 5.41) is 9.11. The number of ether oxygens (including phenoxy) is 1. The summed E-state index contributed by atoms with van der Waals surface area (Å²) in [6.45, 7) is -0.0770. The van der Waals surface area contributed by atoms with Gasteiger partial charge in [0.25, 0.3) is 0 Å². The first-order valence-corrected chi connectivity index (χ1v) is 6.02. The van der Waals surface area contributed by atoms with Gasteiger partial charge in [0.1, 0.15) is 5.75 Å². The summed E-state index contributed by atoms with van der Waals surface area (Å²) < 4.78 is 40.1. The minimum atomic E-state index is -4.74. The van der Waals surface area contributed by atoms with Gasteiger partial charge in [0.05, 0.1) is 11.6 Å². The second-order valence-corrected chi connectivity index (χ2v) is 4.45. The lowest BCUT2D eigenvalue weighted by atomic mass is 10.0. The van der Waals surface area contributed by atoms with E-state index in [0.29, 0.717) is 5.56 Å². The molecular formula is C14H10ClF3O2. The molecule has 0 atom stereocenters. The van der Waals surface area contributed by atoms with Crippen LogP contribution in [-0.2, 0) is 6.61 Å². The topological polar surface area (TPSA) is 29.5 Å². The minimum Gasteiger partial charge on any atom is -0.406 e. The summed E-state index contributed by atoms with van der Waals surface area (Å²) in [5.41, 5.74) is 2.07. The molecule has 0 radical (unpaired) electrons. The molecule has 0 fully saturated rings. The number of aliphatic hydroxyl groups excluding tert-OH is 1. The van der Waals surface area contributed by atoms with Crippen molar-refractivity contribution in [2.75, 3.05) is 0 Å². The summed E-state index contributed by atoms with van der Waals surface area (Å²) in [6, 6.07) is 10.7. The zero-order valence-electron chi connectivity index (χ0n) is 10.1. The van der Waals surface area contributed by atoms with E-state index >= 15 is 0 Å². The Balaban J connectivity index is 2.29. The first-order chi connectivity index (χ1) is 9.39. The Labute approximate surface area is 118 Å². The van der Waals surface area contributed by atoms with Crippen molar-refractivity contribution < 1.29 is 23.0 Å². The number of alkyl halides is 3. The molecule has 0 amide bonds. The lowest BCUT2D eigenvalue weighted by molar-refractivity contribution is -0.274. The van der Waals surface area contributed by atoms with Crippen molar-refractivity contribution >= 4 is 11.6 Å². The first-order valence-electron chi connectivity index (χ1n) is 5.64. The van der Waals surface area contributed by atoms with E-state index < -0.39 is 6.36 Å². The Morgan fingerprint density at radius 1 is 1.05 bits per heavy atom. The van der Waals surface area contributed by atoms with Crippen LogP contribution in [0.4, 0.5) is 13.2 Å². The van der Waals surface area contributed by atoms with Crippen molar-refractivity contribution in [2.24, 2.45) is 0 Å². The standard InChI is InChI=1S/C14H10ClF3O2/c15-13-7-11(20-14(16,17)18)5-6-12(13)10-3-1-9(8-19)2-4-10/h1-7,19H,8H2. The molecule has 0 aromatic heterocycles. The molecule has 20 heavy (non-hydrogen) atoms. The second-order valence-electron chi connectivity index (χ2n) is 4.04. The fourth-order valence-electron chi connectivity index (χ4n) is 1.72. The van der Waals surface area contributed by atoms with E-state index in [2.05, 4.69) is 4.74 Å². The molecule has 6 heteroatoms. The van der Waals surface area contributed by atoms with Gasteiger partial charge in [-0.05, 0) is 29.3 Å².